The Kier molecular flexibility index (Phi) is 4.09. The third-order valence-corrected chi connectivity index (χ3v) is 4.52. The summed E-state index contributed by atoms with van der Waals surface area (Å²) in [6, 6.07) is 3.61. The van der Waals surface area contributed by atoms with Gasteiger partial charge in [0, 0.05) is 33.0 Å². The number of benzene rings is 1. The predicted octanol–water partition coefficient (Wildman–Crippen LogP) is 1.91. The number of carbonyl (C=O) groups excluding carboxylic acids is 1. The lowest BCUT2D eigenvalue weighted by atomic mass is 10.1. The largest absolute Gasteiger partial charge is 0.396 e. The molecule has 1 heterocycles. The number of fused-ring (bicyclic) bond motifs is 1. The van der Waals surface area contributed by atoms with Crippen molar-refractivity contribution in [1.29, 1.82) is 0 Å². The zero-order chi connectivity index (χ0) is 12.4. The molecule has 2 rings (SSSR count). The summed E-state index contributed by atoms with van der Waals surface area (Å²) < 4.78 is 0.856. The maximum atomic E-state index is 11.3. The zero-order valence-electron chi connectivity index (χ0n) is 8.94. The molecule has 1 aliphatic rings. The van der Waals surface area contributed by atoms with Crippen LogP contribution < -0.4 is 5.32 Å². The smallest absolute Gasteiger partial charge is 0.257 e. The molecule has 1 atom stereocenters. The van der Waals surface area contributed by atoms with Gasteiger partial charge in [-0.3, -0.25) is 4.79 Å². The number of aliphatic hydroxyl groups is 2. The SMILES string of the molecule is O=C1Nc2cc(SCCCO)c(Br)cc2C1O. The Morgan fingerprint density at radius 2 is 2.24 bits per heavy atom. The van der Waals surface area contributed by atoms with Crippen LogP contribution in [0.3, 0.4) is 0 Å². The molecule has 0 bridgehead atoms. The summed E-state index contributed by atoms with van der Waals surface area (Å²) in [6.45, 7) is 0.172. The van der Waals surface area contributed by atoms with Crippen molar-refractivity contribution in [3.8, 4) is 0 Å². The van der Waals surface area contributed by atoms with Gasteiger partial charge in [-0.1, -0.05) is 0 Å². The lowest BCUT2D eigenvalue weighted by Gasteiger charge is -2.07. The Bertz CT molecular complexity index is 453. The second-order valence-electron chi connectivity index (χ2n) is 3.69. The normalized spacial score (nSPS) is 18.1. The van der Waals surface area contributed by atoms with Crippen LogP contribution in [0.15, 0.2) is 21.5 Å². The summed E-state index contributed by atoms with van der Waals surface area (Å²) >= 11 is 5.02. The third-order valence-electron chi connectivity index (χ3n) is 2.46. The fraction of sp³-hybridized carbons (Fsp3) is 0.364. The molecule has 1 amide bonds. The minimum atomic E-state index is -1.07. The van der Waals surface area contributed by atoms with Crippen molar-refractivity contribution in [3.63, 3.8) is 0 Å². The first-order valence-corrected chi connectivity index (χ1v) is 6.97. The van der Waals surface area contributed by atoms with Gasteiger partial charge in [-0.2, -0.15) is 0 Å². The van der Waals surface area contributed by atoms with E-state index in [1.165, 1.54) is 0 Å². The van der Waals surface area contributed by atoms with Crippen LogP contribution in [0.25, 0.3) is 0 Å². The highest BCUT2D eigenvalue weighted by atomic mass is 79.9. The van der Waals surface area contributed by atoms with Crippen LogP contribution in [0.2, 0.25) is 0 Å². The molecule has 3 N–H and O–H groups in total. The number of rotatable bonds is 4. The molecular weight excluding hydrogens is 306 g/mol. The monoisotopic (exact) mass is 317 g/mol. The molecule has 0 aromatic heterocycles. The minimum absolute atomic E-state index is 0.172. The van der Waals surface area contributed by atoms with Crippen molar-refractivity contribution in [1.82, 2.24) is 0 Å². The van der Waals surface area contributed by atoms with Crippen molar-refractivity contribution in [3.05, 3.63) is 22.2 Å². The molecule has 1 aromatic rings. The van der Waals surface area contributed by atoms with E-state index in [-0.39, 0.29) is 12.5 Å². The first kappa shape index (κ1) is 12.9. The van der Waals surface area contributed by atoms with Crippen LogP contribution in [0, 0.1) is 0 Å². The molecule has 0 radical (unpaired) electrons. The highest BCUT2D eigenvalue weighted by Gasteiger charge is 2.29. The second-order valence-corrected chi connectivity index (χ2v) is 5.68. The maximum Gasteiger partial charge on any atom is 0.257 e. The van der Waals surface area contributed by atoms with Crippen LogP contribution >= 0.6 is 27.7 Å². The Hall–Kier alpha value is -0.560. The second kappa shape index (κ2) is 5.39. The molecule has 1 aliphatic heterocycles. The lowest BCUT2D eigenvalue weighted by molar-refractivity contribution is -0.123. The molecule has 0 saturated carbocycles. The Labute approximate surface area is 112 Å². The minimum Gasteiger partial charge on any atom is -0.396 e. The molecule has 1 unspecified atom stereocenters. The van der Waals surface area contributed by atoms with Crippen molar-refractivity contribution in [2.45, 2.75) is 17.4 Å². The molecule has 17 heavy (non-hydrogen) atoms. The highest BCUT2D eigenvalue weighted by Crippen LogP contribution is 2.38. The van der Waals surface area contributed by atoms with Gasteiger partial charge in [0.05, 0.1) is 0 Å². The van der Waals surface area contributed by atoms with E-state index in [2.05, 4.69) is 21.2 Å². The molecule has 4 nitrogen and oxygen atoms in total. The van der Waals surface area contributed by atoms with Crippen molar-refractivity contribution in [2.75, 3.05) is 17.7 Å². The van der Waals surface area contributed by atoms with E-state index < -0.39 is 6.10 Å². The van der Waals surface area contributed by atoms with Crippen LogP contribution in [-0.4, -0.2) is 28.5 Å². The zero-order valence-corrected chi connectivity index (χ0v) is 11.3. The summed E-state index contributed by atoms with van der Waals surface area (Å²) in [6.07, 6.45) is -0.346. The lowest BCUT2D eigenvalue weighted by Crippen LogP contribution is -2.10. The Morgan fingerprint density at radius 1 is 1.47 bits per heavy atom. The van der Waals surface area contributed by atoms with Gasteiger partial charge >= 0.3 is 0 Å². The molecule has 0 fully saturated rings. The number of hydrogen-bond donors (Lipinski definition) is 3. The van der Waals surface area contributed by atoms with E-state index in [1.54, 1.807) is 17.8 Å². The molecule has 0 aliphatic carbocycles. The molecule has 92 valence electrons. The highest BCUT2D eigenvalue weighted by molar-refractivity contribution is 9.10. The predicted molar refractivity (Wildman–Crippen MR) is 70.2 cm³/mol. The molecule has 6 heteroatoms. The summed E-state index contributed by atoms with van der Waals surface area (Å²) in [5.41, 5.74) is 1.27. The number of nitrogens with one attached hydrogen (secondary N) is 1. The van der Waals surface area contributed by atoms with Gasteiger partial charge in [0.25, 0.3) is 5.91 Å². The van der Waals surface area contributed by atoms with Gasteiger partial charge < -0.3 is 15.5 Å². The van der Waals surface area contributed by atoms with Gasteiger partial charge in [0.1, 0.15) is 0 Å². The first-order chi connectivity index (χ1) is 8.13. The summed E-state index contributed by atoms with van der Waals surface area (Å²) in [4.78, 5) is 12.3. The van der Waals surface area contributed by atoms with Crippen LogP contribution in [-0.2, 0) is 4.79 Å². The van der Waals surface area contributed by atoms with E-state index in [0.717, 1.165) is 21.5 Å². The van der Waals surface area contributed by atoms with E-state index in [1.807, 2.05) is 6.07 Å². The van der Waals surface area contributed by atoms with Crippen LogP contribution in [0.1, 0.15) is 18.1 Å². The van der Waals surface area contributed by atoms with E-state index in [9.17, 15) is 9.90 Å². The fourth-order valence-electron chi connectivity index (χ4n) is 1.60. The topological polar surface area (TPSA) is 69.6 Å². The van der Waals surface area contributed by atoms with E-state index in [0.29, 0.717) is 11.3 Å². The molecule has 1 aromatic carbocycles. The third kappa shape index (κ3) is 2.65. The summed E-state index contributed by atoms with van der Waals surface area (Å²) in [5, 5.41) is 21.0. The Morgan fingerprint density at radius 3 is 2.94 bits per heavy atom. The fourth-order valence-corrected chi connectivity index (χ4v) is 3.20. The maximum absolute atomic E-state index is 11.3. The average molecular weight is 318 g/mol. The number of thioether (sulfide) groups is 1. The quantitative estimate of drug-likeness (QED) is 0.586. The van der Waals surface area contributed by atoms with Gasteiger partial charge in [-0.05, 0) is 34.5 Å². The number of halogens is 1. The molecule has 0 saturated heterocycles. The first-order valence-electron chi connectivity index (χ1n) is 5.19. The van der Waals surface area contributed by atoms with Crippen molar-refractivity contribution >= 4 is 39.3 Å². The van der Waals surface area contributed by atoms with Gasteiger partial charge in [0.15, 0.2) is 6.10 Å². The van der Waals surface area contributed by atoms with Crippen molar-refractivity contribution < 1.29 is 15.0 Å². The van der Waals surface area contributed by atoms with E-state index in [4.69, 9.17) is 5.11 Å². The van der Waals surface area contributed by atoms with Crippen molar-refractivity contribution in [2.24, 2.45) is 0 Å². The summed E-state index contributed by atoms with van der Waals surface area (Å²) in [7, 11) is 0. The molecular formula is C11H12BrNO3S. The van der Waals surface area contributed by atoms with Crippen LogP contribution in [0.4, 0.5) is 5.69 Å². The average Bonchev–Trinajstić information content (AvgIpc) is 2.56. The molecule has 0 spiro atoms. The Balaban J connectivity index is 2.21. The van der Waals surface area contributed by atoms with Crippen LogP contribution in [0.5, 0.6) is 0 Å². The summed E-state index contributed by atoms with van der Waals surface area (Å²) in [5.74, 6) is 0.425. The standard InChI is InChI=1S/C11H12BrNO3S/c12-7-4-6-8(13-11(16)10(6)15)5-9(7)17-3-1-2-14/h4-5,10,14-15H,1-3H2,(H,13,16). The van der Waals surface area contributed by atoms with Gasteiger partial charge in [-0.25, -0.2) is 0 Å². The number of amides is 1. The van der Waals surface area contributed by atoms with E-state index >= 15 is 0 Å². The number of hydrogen-bond acceptors (Lipinski definition) is 4. The van der Waals surface area contributed by atoms with Gasteiger partial charge in [0.2, 0.25) is 0 Å². The van der Waals surface area contributed by atoms with Gasteiger partial charge in [-0.15, -0.1) is 11.8 Å². The number of anilines is 1. The number of aliphatic hydroxyl groups excluding tert-OH is 2. The number of carbonyl (C=O) groups is 1.